The van der Waals surface area contributed by atoms with Crippen LogP contribution < -0.4 is 10.0 Å². The Morgan fingerprint density at radius 2 is 1.65 bits per heavy atom. The van der Waals surface area contributed by atoms with Gasteiger partial charge in [-0.25, -0.2) is 17.5 Å². The molecule has 0 saturated heterocycles. The maximum Gasteiger partial charge on any atom is 0.241 e. The molecular formula is C25H25FN4O3S. The molecule has 9 heteroatoms. The number of sulfonamides is 1. The quantitative estimate of drug-likeness (QED) is 0.359. The number of anilines is 2. The number of rotatable bonds is 7. The molecule has 0 aliphatic rings. The van der Waals surface area contributed by atoms with E-state index in [2.05, 4.69) is 20.2 Å². The predicted octanol–water partition coefficient (Wildman–Crippen LogP) is 4.54. The molecule has 0 amide bonds. The molecule has 0 radical (unpaired) electrons. The first-order valence-corrected chi connectivity index (χ1v) is 12.1. The zero-order valence-electron chi connectivity index (χ0n) is 19.0. The van der Waals surface area contributed by atoms with Crippen LogP contribution in [0, 0.1) is 12.7 Å². The average Bonchev–Trinajstić information content (AvgIpc) is 2.80. The van der Waals surface area contributed by atoms with Crippen molar-refractivity contribution >= 4 is 32.3 Å². The monoisotopic (exact) mass is 480 g/mol. The molecule has 0 saturated carbocycles. The van der Waals surface area contributed by atoms with E-state index in [1.165, 1.54) is 12.1 Å². The number of aryl methyl sites for hydroxylation is 1. The zero-order valence-corrected chi connectivity index (χ0v) is 19.8. The standard InChI is InChI=1S/C25H25FN4O3S/c1-16-8-9-17(14-22(16)34(32,33)30-25(2,3)15-31)23-20-6-4-5-7-21(20)24(29-28-23)27-19-12-10-18(26)11-13-19/h4-14,30-31H,15H2,1-3H3,(H,27,29). The smallest absolute Gasteiger partial charge is 0.241 e. The maximum atomic E-state index is 13.3. The van der Waals surface area contributed by atoms with Crippen LogP contribution in [0.1, 0.15) is 19.4 Å². The minimum atomic E-state index is -3.90. The summed E-state index contributed by atoms with van der Waals surface area (Å²) in [6, 6.07) is 18.5. The second-order valence-electron chi connectivity index (χ2n) is 8.70. The van der Waals surface area contributed by atoms with E-state index >= 15 is 0 Å². The summed E-state index contributed by atoms with van der Waals surface area (Å²) in [5.74, 6) is 0.163. The number of benzene rings is 3. The first-order valence-electron chi connectivity index (χ1n) is 10.6. The molecule has 4 aromatic rings. The van der Waals surface area contributed by atoms with Gasteiger partial charge in [0.15, 0.2) is 5.82 Å². The SMILES string of the molecule is Cc1ccc(-c2nnc(Nc3ccc(F)cc3)c3ccccc23)cc1S(=O)(=O)NC(C)(C)CO. The van der Waals surface area contributed by atoms with Crippen molar-refractivity contribution in [2.24, 2.45) is 0 Å². The highest BCUT2D eigenvalue weighted by Crippen LogP contribution is 2.33. The third-order valence-electron chi connectivity index (χ3n) is 5.35. The molecule has 0 fully saturated rings. The number of aliphatic hydroxyl groups excluding tert-OH is 1. The number of nitrogens with zero attached hydrogens (tertiary/aromatic N) is 2. The van der Waals surface area contributed by atoms with E-state index in [0.29, 0.717) is 28.3 Å². The van der Waals surface area contributed by atoms with Gasteiger partial charge in [-0.3, -0.25) is 0 Å². The van der Waals surface area contributed by atoms with Crippen LogP contribution in [0.2, 0.25) is 0 Å². The van der Waals surface area contributed by atoms with E-state index in [1.807, 2.05) is 24.3 Å². The zero-order chi connectivity index (χ0) is 24.5. The topological polar surface area (TPSA) is 104 Å². The lowest BCUT2D eigenvalue weighted by Gasteiger charge is -2.24. The Morgan fingerprint density at radius 3 is 2.32 bits per heavy atom. The van der Waals surface area contributed by atoms with Crippen LogP contribution in [-0.2, 0) is 10.0 Å². The van der Waals surface area contributed by atoms with E-state index in [0.717, 1.165) is 10.8 Å². The second kappa shape index (κ2) is 9.09. The highest BCUT2D eigenvalue weighted by molar-refractivity contribution is 7.89. The van der Waals surface area contributed by atoms with Crippen LogP contribution in [0.15, 0.2) is 71.6 Å². The van der Waals surface area contributed by atoms with Crippen molar-refractivity contribution in [2.45, 2.75) is 31.2 Å². The van der Waals surface area contributed by atoms with Crippen molar-refractivity contribution in [3.05, 3.63) is 78.1 Å². The van der Waals surface area contributed by atoms with Gasteiger partial charge < -0.3 is 10.4 Å². The lowest BCUT2D eigenvalue weighted by atomic mass is 10.0. The molecule has 0 atom stereocenters. The fraction of sp³-hybridized carbons (Fsp3) is 0.200. The molecule has 0 spiro atoms. The summed E-state index contributed by atoms with van der Waals surface area (Å²) < 4.78 is 41.9. The number of fused-ring (bicyclic) bond motifs is 1. The first-order chi connectivity index (χ1) is 16.1. The molecule has 1 heterocycles. The minimum Gasteiger partial charge on any atom is -0.394 e. The summed E-state index contributed by atoms with van der Waals surface area (Å²) in [4.78, 5) is 0.103. The number of aliphatic hydroxyl groups is 1. The van der Waals surface area contributed by atoms with Crippen molar-refractivity contribution in [3.8, 4) is 11.3 Å². The largest absolute Gasteiger partial charge is 0.394 e. The Bertz CT molecular complexity index is 1460. The van der Waals surface area contributed by atoms with Crippen molar-refractivity contribution in [1.82, 2.24) is 14.9 Å². The van der Waals surface area contributed by atoms with Gasteiger partial charge in [-0.1, -0.05) is 36.4 Å². The highest BCUT2D eigenvalue weighted by Gasteiger charge is 2.27. The Balaban J connectivity index is 1.79. The highest BCUT2D eigenvalue weighted by atomic mass is 32.2. The van der Waals surface area contributed by atoms with Crippen LogP contribution in [0.4, 0.5) is 15.9 Å². The Kier molecular flexibility index (Phi) is 6.35. The molecule has 7 nitrogen and oxygen atoms in total. The summed E-state index contributed by atoms with van der Waals surface area (Å²) >= 11 is 0. The third kappa shape index (κ3) is 4.91. The van der Waals surface area contributed by atoms with Gasteiger partial charge >= 0.3 is 0 Å². The maximum absolute atomic E-state index is 13.3. The summed E-state index contributed by atoms with van der Waals surface area (Å²) in [5, 5.41) is 22.9. The van der Waals surface area contributed by atoms with Gasteiger partial charge in [-0.05, 0) is 56.7 Å². The minimum absolute atomic E-state index is 0.103. The van der Waals surface area contributed by atoms with Gasteiger partial charge in [0.05, 0.1) is 17.0 Å². The average molecular weight is 481 g/mol. The summed E-state index contributed by atoms with van der Waals surface area (Å²) in [5.41, 5.74) is 1.33. The first kappa shape index (κ1) is 23.7. The van der Waals surface area contributed by atoms with Crippen LogP contribution in [-0.4, -0.2) is 35.9 Å². The van der Waals surface area contributed by atoms with Gasteiger partial charge in [-0.2, -0.15) is 0 Å². The fourth-order valence-electron chi connectivity index (χ4n) is 3.57. The Labute approximate surface area is 197 Å². The van der Waals surface area contributed by atoms with E-state index < -0.39 is 15.6 Å². The summed E-state index contributed by atoms with van der Waals surface area (Å²) in [6.07, 6.45) is 0. The number of nitrogens with one attached hydrogen (secondary N) is 2. The van der Waals surface area contributed by atoms with E-state index in [4.69, 9.17) is 0 Å². The van der Waals surface area contributed by atoms with Crippen LogP contribution in [0.25, 0.3) is 22.0 Å². The van der Waals surface area contributed by atoms with Crippen molar-refractivity contribution in [2.75, 3.05) is 11.9 Å². The second-order valence-corrected chi connectivity index (χ2v) is 10.4. The lowest BCUT2D eigenvalue weighted by molar-refractivity contribution is 0.208. The van der Waals surface area contributed by atoms with Crippen LogP contribution in [0.5, 0.6) is 0 Å². The Hall–Kier alpha value is -3.40. The van der Waals surface area contributed by atoms with E-state index in [9.17, 15) is 17.9 Å². The normalized spacial score (nSPS) is 12.1. The third-order valence-corrected chi connectivity index (χ3v) is 7.19. The van der Waals surface area contributed by atoms with Crippen LogP contribution in [0.3, 0.4) is 0 Å². The van der Waals surface area contributed by atoms with Crippen molar-refractivity contribution < 1.29 is 17.9 Å². The summed E-state index contributed by atoms with van der Waals surface area (Å²) in [7, 11) is -3.90. The molecule has 0 aliphatic carbocycles. The lowest BCUT2D eigenvalue weighted by Crippen LogP contribution is -2.46. The van der Waals surface area contributed by atoms with Gasteiger partial charge in [-0.15, -0.1) is 10.2 Å². The summed E-state index contributed by atoms with van der Waals surface area (Å²) in [6.45, 7) is 4.58. The number of hydrogen-bond acceptors (Lipinski definition) is 6. The van der Waals surface area contributed by atoms with Crippen LogP contribution >= 0.6 is 0 Å². The number of aromatic nitrogens is 2. The molecule has 0 bridgehead atoms. The Morgan fingerprint density at radius 1 is 0.971 bits per heavy atom. The van der Waals surface area contributed by atoms with E-state index in [1.54, 1.807) is 51.1 Å². The van der Waals surface area contributed by atoms with Crippen molar-refractivity contribution in [3.63, 3.8) is 0 Å². The number of halogens is 1. The molecule has 3 aromatic carbocycles. The molecule has 0 aliphatic heterocycles. The van der Waals surface area contributed by atoms with E-state index in [-0.39, 0.29) is 17.3 Å². The van der Waals surface area contributed by atoms with Crippen molar-refractivity contribution in [1.29, 1.82) is 0 Å². The molecule has 1 aromatic heterocycles. The molecule has 0 unspecified atom stereocenters. The fourth-order valence-corrected chi connectivity index (χ4v) is 5.24. The molecular weight excluding hydrogens is 455 g/mol. The van der Waals surface area contributed by atoms with Gasteiger partial charge in [0, 0.05) is 22.0 Å². The predicted molar refractivity (Wildman–Crippen MR) is 131 cm³/mol. The molecule has 4 rings (SSSR count). The van der Waals surface area contributed by atoms with Gasteiger partial charge in [0.2, 0.25) is 10.0 Å². The van der Waals surface area contributed by atoms with Gasteiger partial charge in [0.1, 0.15) is 11.5 Å². The van der Waals surface area contributed by atoms with Gasteiger partial charge in [0.25, 0.3) is 0 Å². The molecule has 176 valence electrons. The molecule has 3 N–H and O–H groups in total. The molecule has 34 heavy (non-hydrogen) atoms. The number of hydrogen-bond donors (Lipinski definition) is 3.